The van der Waals surface area contributed by atoms with E-state index in [0.717, 1.165) is 0 Å². The molecule has 1 heterocycles. The Morgan fingerprint density at radius 2 is 2.17 bits per heavy atom. The van der Waals surface area contributed by atoms with Crippen LogP contribution in [0, 0.1) is 0 Å². The van der Waals surface area contributed by atoms with Crippen LogP contribution in [-0.4, -0.2) is 23.8 Å². The number of nitrogens with one attached hydrogen (secondary N) is 2. The number of aromatic nitrogens is 1. The van der Waals surface area contributed by atoms with Gasteiger partial charge in [0.25, 0.3) is 0 Å². The van der Waals surface area contributed by atoms with Crippen molar-refractivity contribution in [3.05, 3.63) is 40.9 Å². The smallest absolute Gasteiger partial charge is 0.417 e. The van der Waals surface area contributed by atoms with Crippen molar-refractivity contribution in [3.8, 4) is 5.88 Å². The molecule has 0 saturated heterocycles. The summed E-state index contributed by atoms with van der Waals surface area (Å²) in [5.41, 5.74) is 1.62. The van der Waals surface area contributed by atoms with Gasteiger partial charge in [0, 0.05) is 28.1 Å². The molecule has 1 aliphatic carbocycles. The van der Waals surface area contributed by atoms with Crippen molar-refractivity contribution >= 4 is 6.03 Å². The molecule has 0 aliphatic heterocycles. The number of rotatable bonds is 5. The maximum atomic E-state index is 12.2. The molecule has 0 saturated carbocycles. The summed E-state index contributed by atoms with van der Waals surface area (Å²) in [6.45, 7) is -3.06. The predicted octanol–water partition coefficient (Wildman–Crippen LogP) is 3.35. The molecule has 1 aromatic heterocycles. The number of carbonyl (C=O) groups is 1. The Hall–Kier alpha value is -2.61. The van der Waals surface area contributed by atoms with Gasteiger partial charge in [-0.25, -0.2) is 9.78 Å². The molecule has 0 aromatic carbocycles. The summed E-state index contributed by atoms with van der Waals surface area (Å²) in [5.74, 6) is -0.306. The zero-order chi connectivity index (χ0) is 17.0. The molecule has 5 nitrogen and oxygen atoms in total. The number of alkyl halides is 5. The molecule has 0 bridgehead atoms. The van der Waals surface area contributed by atoms with Crippen LogP contribution in [0.1, 0.15) is 14.8 Å². The highest BCUT2D eigenvalue weighted by atomic mass is 19.4. The lowest BCUT2D eigenvalue weighted by molar-refractivity contribution is -0.0945. The van der Waals surface area contributed by atoms with E-state index in [9.17, 15) is 26.7 Å². The van der Waals surface area contributed by atoms with E-state index in [-0.39, 0.29) is 21.0 Å². The second-order valence-electron chi connectivity index (χ2n) is 4.45. The van der Waals surface area contributed by atoms with Crippen LogP contribution in [0.2, 0.25) is 0 Å². The van der Waals surface area contributed by atoms with Crippen molar-refractivity contribution in [2.75, 3.05) is 0 Å². The third kappa shape index (κ3) is 4.96. The summed E-state index contributed by atoms with van der Waals surface area (Å²) in [7, 11) is 0. The molecule has 2 rings (SSSR count). The maximum Gasteiger partial charge on any atom is 0.420 e. The first-order chi connectivity index (χ1) is 10.7. The zero-order valence-corrected chi connectivity index (χ0v) is 11.4. The summed E-state index contributed by atoms with van der Waals surface area (Å²) in [6, 6.07) is 1.93. The number of ether oxygens (including phenoxy) is 1. The van der Waals surface area contributed by atoms with Gasteiger partial charge in [0.1, 0.15) is 0 Å². The highest BCUT2D eigenvalue weighted by molar-refractivity contribution is 5.76. The Balaban J connectivity index is 0.00000288. The number of nitrogens with zero attached hydrogens (tertiary/aromatic N) is 1. The summed E-state index contributed by atoms with van der Waals surface area (Å²) < 4.78 is 64.8. The van der Waals surface area contributed by atoms with Gasteiger partial charge in [-0.1, -0.05) is 5.73 Å². The van der Waals surface area contributed by atoms with Crippen molar-refractivity contribution in [2.24, 2.45) is 0 Å². The van der Waals surface area contributed by atoms with E-state index < -0.39 is 30.8 Å². The van der Waals surface area contributed by atoms with E-state index in [2.05, 4.69) is 20.4 Å². The molecule has 0 radical (unpaired) electrons. The van der Waals surface area contributed by atoms with Crippen LogP contribution < -0.4 is 15.4 Å². The molecule has 0 atom stereocenters. The van der Waals surface area contributed by atoms with Crippen LogP contribution in [0.25, 0.3) is 0 Å². The van der Waals surface area contributed by atoms with Crippen molar-refractivity contribution in [2.45, 2.75) is 25.8 Å². The lowest BCUT2D eigenvalue weighted by atomic mass is 10.0. The molecule has 0 spiro atoms. The van der Waals surface area contributed by atoms with Crippen molar-refractivity contribution in [3.63, 3.8) is 0 Å². The molecule has 0 fully saturated rings. The molecule has 2 amide bonds. The van der Waals surface area contributed by atoms with Crippen LogP contribution in [0.15, 0.2) is 35.3 Å². The van der Waals surface area contributed by atoms with E-state index in [1.807, 2.05) is 5.73 Å². The van der Waals surface area contributed by atoms with E-state index in [1.54, 1.807) is 0 Å². The number of urea groups is 1. The standard InChI is InChI=1S/C13H10F5N3O2.2H2/c14-11(15)23-10-3-7(1-2-19-10)6-20-12(22)21-9-4-8(5-9)13(16,17)18;;/h1-3,11H,4,6H2,(H2,20,21,22);2*1H. The van der Waals surface area contributed by atoms with Gasteiger partial charge in [0.05, 0.1) is 11.3 Å². The Labute approximate surface area is 129 Å². The lowest BCUT2D eigenvalue weighted by Gasteiger charge is -2.18. The minimum absolute atomic E-state index is 0. The predicted molar refractivity (Wildman–Crippen MR) is 71.7 cm³/mol. The van der Waals surface area contributed by atoms with Crippen LogP contribution in [0.3, 0.4) is 0 Å². The number of pyridine rings is 1. The monoisotopic (exact) mass is 339 g/mol. The average Bonchev–Trinajstić information content (AvgIpc) is 2.38. The van der Waals surface area contributed by atoms with Gasteiger partial charge in [0.2, 0.25) is 5.88 Å². The SMILES string of the molecule is O=C(NCc1ccnc(OC(F)F)c1)NC1=C=C(C(F)(F)F)C1.[HH].[HH]. The number of amides is 2. The molecule has 23 heavy (non-hydrogen) atoms. The van der Waals surface area contributed by atoms with Crippen LogP contribution in [-0.2, 0) is 6.54 Å². The van der Waals surface area contributed by atoms with Gasteiger partial charge < -0.3 is 15.4 Å². The van der Waals surface area contributed by atoms with Crippen molar-refractivity contribution in [1.82, 2.24) is 15.6 Å². The first-order valence-corrected chi connectivity index (χ1v) is 6.24. The Kier molecular flexibility index (Phi) is 4.85. The van der Waals surface area contributed by atoms with Gasteiger partial charge in [0.15, 0.2) is 0 Å². The van der Waals surface area contributed by atoms with Crippen molar-refractivity contribution in [1.29, 1.82) is 0 Å². The van der Waals surface area contributed by atoms with Gasteiger partial charge in [-0.15, -0.1) is 0 Å². The quantitative estimate of drug-likeness (QED) is 0.639. The molecule has 1 aromatic rings. The van der Waals surface area contributed by atoms with E-state index in [4.69, 9.17) is 0 Å². The fourth-order valence-electron chi connectivity index (χ4n) is 1.67. The molecular weight excluding hydrogens is 325 g/mol. The third-order valence-corrected chi connectivity index (χ3v) is 2.72. The molecule has 128 valence electrons. The highest BCUT2D eigenvalue weighted by Crippen LogP contribution is 2.33. The fourth-order valence-corrected chi connectivity index (χ4v) is 1.67. The first-order valence-electron chi connectivity index (χ1n) is 6.24. The Bertz CT molecular complexity index is 676. The largest absolute Gasteiger partial charge is 0.420 e. The molecule has 0 unspecified atom stereocenters. The zero-order valence-electron chi connectivity index (χ0n) is 11.4. The maximum absolute atomic E-state index is 12.2. The Morgan fingerprint density at radius 1 is 1.48 bits per heavy atom. The molecule has 1 aliphatic rings. The van der Waals surface area contributed by atoms with Gasteiger partial charge in [-0.05, 0) is 11.6 Å². The van der Waals surface area contributed by atoms with E-state index in [1.165, 1.54) is 18.3 Å². The summed E-state index contributed by atoms with van der Waals surface area (Å²) in [5, 5.41) is 4.56. The lowest BCUT2D eigenvalue weighted by Crippen LogP contribution is -2.36. The minimum Gasteiger partial charge on any atom is -0.417 e. The molecular formula is C13H14F5N3O2. The fraction of sp³-hybridized carbons (Fsp3) is 0.308. The number of hydrogen-bond donors (Lipinski definition) is 2. The second-order valence-corrected chi connectivity index (χ2v) is 4.45. The van der Waals surface area contributed by atoms with Gasteiger partial charge in [-0.3, -0.25) is 0 Å². The summed E-state index contributed by atoms with van der Waals surface area (Å²) >= 11 is 0. The highest BCUT2D eigenvalue weighted by Gasteiger charge is 2.37. The summed E-state index contributed by atoms with van der Waals surface area (Å²) in [6.07, 6.45) is -3.64. The van der Waals surface area contributed by atoms with Crippen molar-refractivity contribution < 1.29 is 34.3 Å². The normalized spacial score (nSPS) is 13.8. The summed E-state index contributed by atoms with van der Waals surface area (Å²) in [4.78, 5) is 15.1. The number of carbonyl (C=O) groups excluding carboxylic acids is 1. The second kappa shape index (κ2) is 6.66. The van der Waals surface area contributed by atoms with Crippen LogP contribution in [0.5, 0.6) is 5.88 Å². The first kappa shape index (κ1) is 16.8. The van der Waals surface area contributed by atoms with Crippen LogP contribution in [0.4, 0.5) is 26.7 Å². The van der Waals surface area contributed by atoms with E-state index in [0.29, 0.717) is 5.56 Å². The van der Waals surface area contributed by atoms with Crippen LogP contribution >= 0.6 is 0 Å². The molecule has 10 heteroatoms. The third-order valence-electron chi connectivity index (χ3n) is 2.72. The number of halogens is 5. The molecule has 2 N–H and O–H groups in total. The Morgan fingerprint density at radius 3 is 2.78 bits per heavy atom. The number of hydrogen-bond acceptors (Lipinski definition) is 3. The minimum atomic E-state index is -4.44. The van der Waals surface area contributed by atoms with Gasteiger partial charge in [-0.2, -0.15) is 22.0 Å². The van der Waals surface area contributed by atoms with E-state index >= 15 is 0 Å². The average molecular weight is 339 g/mol. The van der Waals surface area contributed by atoms with Gasteiger partial charge >= 0.3 is 18.8 Å². The topological polar surface area (TPSA) is 63.2 Å².